The fourth-order valence-corrected chi connectivity index (χ4v) is 5.33. The van der Waals surface area contributed by atoms with Crippen LogP contribution in [0.15, 0.2) is 72.8 Å². The summed E-state index contributed by atoms with van der Waals surface area (Å²) in [6, 6.07) is 19.7. The van der Waals surface area contributed by atoms with E-state index in [2.05, 4.69) is 5.32 Å². The molecule has 0 aliphatic heterocycles. The van der Waals surface area contributed by atoms with Gasteiger partial charge >= 0.3 is 0 Å². The Morgan fingerprint density at radius 2 is 1.58 bits per heavy atom. The number of nitrogens with zero attached hydrogens (tertiary/aromatic N) is 2. The van der Waals surface area contributed by atoms with Crippen LogP contribution in [0.1, 0.15) is 11.1 Å². The molecule has 3 rings (SSSR count). The molecule has 3 aromatic carbocycles. The summed E-state index contributed by atoms with van der Waals surface area (Å²) in [4.78, 5) is 28.4. The lowest BCUT2D eigenvalue weighted by atomic mass is 10.0. The monoisotopic (exact) mass is 577 g/mol. The number of hydrogen-bond donors (Lipinski definition) is 1. The maximum atomic E-state index is 13.9. The van der Waals surface area contributed by atoms with Gasteiger partial charge in [0, 0.05) is 30.1 Å². The van der Waals surface area contributed by atoms with E-state index >= 15 is 0 Å². The van der Waals surface area contributed by atoms with Crippen molar-refractivity contribution in [2.45, 2.75) is 19.0 Å². The first-order chi connectivity index (χ1) is 18.0. The molecular weight excluding hydrogens is 549 g/mol. The summed E-state index contributed by atoms with van der Waals surface area (Å²) in [5, 5.41) is 3.07. The normalized spacial score (nSPS) is 11.9. The Kier molecular flexibility index (Phi) is 10.0. The van der Waals surface area contributed by atoms with Crippen LogP contribution in [0.4, 0.5) is 5.69 Å². The molecule has 0 aromatic heterocycles. The molecule has 2 amide bonds. The Balaban J connectivity index is 2.05. The van der Waals surface area contributed by atoms with Gasteiger partial charge in [-0.3, -0.25) is 13.9 Å². The van der Waals surface area contributed by atoms with Crippen molar-refractivity contribution >= 4 is 50.7 Å². The summed E-state index contributed by atoms with van der Waals surface area (Å²) >= 11 is 12.2. The van der Waals surface area contributed by atoms with E-state index in [1.807, 2.05) is 30.3 Å². The molecule has 0 aliphatic rings. The number of sulfonamides is 1. The molecule has 0 fully saturated rings. The highest BCUT2D eigenvalue weighted by molar-refractivity contribution is 7.92. The van der Waals surface area contributed by atoms with Crippen molar-refractivity contribution in [3.8, 4) is 5.75 Å². The number of rotatable bonds is 11. The summed E-state index contributed by atoms with van der Waals surface area (Å²) in [7, 11) is -0.902. The third-order valence-electron chi connectivity index (χ3n) is 5.82. The van der Waals surface area contributed by atoms with Gasteiger partial charge in [0.15, 0.2) is 0 Å². The average molecular weight is 579 g/mol. The highest BCUT2D eigenvalue weighted by Crippen LogP contribution is 2.27. The number of methoxy groups -OCH3 is 1. The fraction of sp³-hybridized carbons (Fsp3) is 0.259. The summed E-state index contributed by atoms with van der Waals surface area (Å²) in [5.41, 5.74) is 1.68. The number of likely N-dealkylation sites (N-methyl/N-ethyl adjacent to an activating group) is 1. The molecule has 0 radical (unpaired) electrons. The first-order valence-electron chi connectivity index (χ1n) is 11.6. The fourth-order valence-electron chi connectivity index (χ4n) is 3.99. The van der Waals surface area contributed by atoms with Crippen LogP contribution in [-0.4, -0.2) is 58.1 Å². The first kappa shape index (κ1) is 29.3. The maximum absolute atomic E-state index is 13.9. The number of ether oxygens (including phenoxy) is 1. The molecule has 38 heavy (non-hydrogen) atoms. The van der Waals surface area contributed by atoms with Gasteiger partial charge in [0.1, 0.15) is 18.3 Å². The molecule has 0 unspecified atom stereocenters. The predicted molar refractivity (Wildman–Crippen MR) is 150 cm³/mol. The molecule has 0 aliphatic carbocycles. The van der Waals surface area contributed by atoms with E-state index in [1.54, 1.807) is 24.3 Å². The zero-order valence-electron chi connectivity index (χ0n) is 21.2. The van der Waals surface area contributed by atoms with Gasteiger partial charge in [-0.2, -0.15) is 0 Å². The van der Waals surface area contributed by atoms with Crippen molar-refractivity contribution < 1.29 is 22.7 Å². The number of amides is 2. The number of carbonyl (C=O) groups is 2. The minimum atomic E-state index is -3.93. The first-order valence-corrected chi connectivity index (χ1v) is 14.2. The van der Waals surface area contributed by atoms with Gasteiger partial charge in [0.25, 0.3) is 0 Å². The Morgan fingerprint density at radius 3 is 2.16 bits per heavy atom. The lowest BCUT2D eigenvalue weighted by Gasteiger charge is -2.33. The number of nitrogens with one attached hydrogen (secondary N) is 1. The van der Waals surface area contributed by atoms with Gasteiger partial charge in [-0.25, -0.2) is 8.42 Å². The molecule has 0 bridgehead atoms. The molecule has 8 nitrogen and oxygen atoms in total. The van der Waals surface area contributed by atoms with E-state index in [0.29, 0.717) is 11.3 Å². The van der Waals surface area contributed by atoms with Gasteiger partial charge < -0.3 is 15.0 Å². The maximum Gasteiger partial charge on any atom is 0.244 e. The van der Waals surface area contributed by atoms with E-state index in [0.717, 1.165) is 16.1 Å². The van der Waals surface area contributed by atoms with Gasteiger partial charge in [-0.15, -0.1) is 0 Å². The van der Waals surface area contributed by atoms with Gasteiger partial charge in [0.2, 0.25) is 21.8 Å². The van der Waals surface area contributed by atoms with Crippen molar-refractivity contribution in [1.82, 2.24) is 10.2 Å². The largest absolute Gasteiger partial charge is 0.497 e. The number of halogens is 2. The zero-order valence-corrected chi connectivity index (χ0v) is 23.6. The van der Waals surface area contributed by atoms with Crippen LogP contribution < -0.4 is 14.4 Å². The van der Waals surface area contributed by atoms with Gasteiger partial charge in [-0.05, 0) is 41.5 Å². The van der Waals surface area contributed by atoms with E-state index in [-0.39, 0.29) is 34.6 Å². The summed E-state index contributed by atoms with van der Waals surface area (Å²) in [5.74, 6) is -0.388. The SMILES string of the molecule is CNC(=O)[C@@H](Cc1ccccc1)N(Cc1cccc(OC)c1)C(=O)CN(c1cc(Cl)cc(Cl)c1)S(C)(=O)=O. The molecule has 11 heteroatoms. The second-order valence-electron chi connectivity index (χ2n) is 8.59. The molecule has 0 saturated carbocycles. The Hall–Kier alpha value is -3.27. The Labute approximate surface area is 233 Å². The second-order valence-corrected chi connectivity index (χ2v) is 11.4. The van der Waals surface area contributed by atoms with Crippen molar-refractivity contribution in [3.63, 3.8) is 0 Å². The molecule has 0 heterocycles. The smallest absolute Gasteiger partial charge is 0.244 e. The number of hydrogen-bond acceptors (Lipinski definition) is 5. The van der Waals surface area contributed by atoms with Crippen LogP contribution in [0.2, 0.25) is 10.0 Å². The summed E-state index contributed by atoms with van der Waals surface area (Å²) in [6.45, 7) is -0.531. The van der Waals surface area contributed by atoms with Crippen LogP contribution in [0.25, 0.3) is 0 Å². The van der Waals surface area contributed by atoms with E-state index in [4.69, 9.17) is 27.9 Å². The van der Waals surface area contributed by atoms with Crippen LogP contribution >= 0.6 is 23.2 Å². The van der Waals surface area contributed by atoms with E-state index in [9.17, 15) is 18.0 Å². The quantitative estimate of drug-likeness (QED) is 0.369. The molecule has 1 N–H and O–H groups in total. The second kappa shape index (κ2) is 13.0. The van der Waals surface area contributed by atoms with Crippen LogP contribution in [0.3, 0.4) is 0 Å². The third kappa shape index (κ3) is 7.86. The lowest BCUT2D eigenvalue weighted by Crippen LogP contribution is -2.52. The van der Waals surface area contributed by atoms with Gasteiger partial charge in [0.05, 0.1) is 19.1 Å². The summed E-state index contributed by atoms with van der Waals surface area (Å²) in [6.07, 6.45) is 1.21. The zero-order chi connectivity index (χ0) is 27.9. The average Bonchev–Trinajstić information content (AvgIpc) is 2.88. The van der Waals surface area contributed by atoms with E-state index < -0.39 is 28.5 Å². The van der Waals surface area contributed by atoms with Crippen molar-refractivity contribution in [2.75, 3.05) is 31.3 Å². The van der Waals surface area contributed by atoms with E-state index in [1.165, 1.54) is 37.3 Å². The van der Waals surface area contributed by atoms with Crippen molar-refractivity contribution in [2.24, 2.45) is 0 Å². The Bertz CT molecular complexity index is 1370. The topological polar surface area (TPSA) is 96.0 Å². The number of benzene rings is 3. The third-order valence-corrected chi connectivity index (χ3v) is 7.40. The highest BCUT2D eigenvalue weighted by atomic mass is 35.5. The Morgan fingerprint density at radius 1 is 0.947 bits per heavy atom. The molecule has 0 saturated heterocycles. The molecule has 1 atom stereocenters. The van der Waals surface area contributed by atoms with Crippen molar-refractivity contribution in [3.05, 3.63) is 94.0 Å². The number of anilines is 1. The minimum Gasteiger partial charge on any atom is -0.497 e. The standard InChI is InChI=1S/C27H29Cl2N3O5S/c1-30-27(34)25(13-19-8-5-4-6-9-19)31(17-20-10-7-11-24(12-20)37-2)26(33)18-32(38(3,35)36)23-15-21(28)14-22(29)16-23/h4-12,14-16,25H,13,17-18H2,1-3H3,(H,30,34)/t25-/m1/s1. The molecular formula is C27H29Cl2N3O5S. The van der Waals surface area contributed by atoms with Crippen LogP contribution in [0, 0.1) is 0 Å². The lowest BCUT2D eigenvalue weighted by molar-refractivity contribution is -0.139. The number of carbonyl (C=O) groups excluding carboxylic acids is 2. The minimum absolute atomic E-state index is 0.0366. The van der Waals surface area contributed by atoms with Crippen molar-refractivity contribution in [1.29, 1.82) is 0 Å². The van der Waals surface area contributed by atoms with Gasteiger partial charge in [-0.1, -0.05) is 65.7 Å². The summed E-state index contributed by atoms with van der Waals surface area (Å²) < 4.78 is 31.8. The highest BCUT2D eigenvalue weighted by Gasteiger charge is 2.32. The molecule has 0 spiro atoms. The molecule has 3 aromatic rings. The van der Waals surface area contributed by atoms with Crippen LogP contribution in [0.5, 0.6) is 5.75 Å². The predicted octanol–water partition coefficient (Wildman–Crippen LogP) is 4.15. The molecule has 202 valence electrons. The van der Waals surface area contributed by atoms with Crippen LogP contribution in [-0.2, 0) is 32.6 Å².